The quantitative estimate of drug-likeness (QED) is 0.534. The fourth-order valence-corrected chi connectivity index (χ4v) is 0.745. The minimum absolute atomic E-state index is 0.693. The molecule has 0 heterocycles. The smallest absolute Gasteiger partial charge is 0.00515 e. The Morgan fingerprint density at radius 1 is 1.56 bits per heavy atom. The molecule has 2 nitrogen and oxygen atoms in total. The van der Waals surface area contributed by atoms with Crippen molar-refractivity contribution in [3.8, 4) is 0 Å². The van der Waals surface area contributed by atoms with Crippen molar-refractivity contribution in [1.29, 1.82) is 0 Å². The molecule has 0 rings (SSSR count). The van der Waals surface area contributed by atoms with Gasteiger partial charge < -0.3 is 11.1 Å². The van der Waals surface area contributed by atoms with Crippen molar-refractivity contribution in [2.45, 2.75) is 19.8 Å². The van der Waals surface area contributed by atoms with Gasteiger partial charge in [-0.05, 0) is 38.9 Å². The lowest BCUT2D eigenvalue weighted by molar-refractivity contribution is 0.512. The molecule has 0 fully saturated rings. The third-order valence-corrected chi connectivity index (χ3v) is 1.53. The molecule has 2 heteroatoms. The molecule has 1 unspecified atom stereocenters. The summed E-state index contributed by atoms with van der Waals surface area (Å²) in [4.78, 5) is 0. The molecule has 0 bridgehead atoms. The van der Waals surface area contributed by atoms with Crippen LogP contribution in [-0.2, 0) is 0 Å². The van der Waals surface area contributed by atoms with Gasteiger partial charge in [-0.2, -0.15) is 0 Å². The molecule has 0 aliphatic rings. The van der Waals surface area contributed by atoms with Crippen molar-refractivity contribution in [3.05, 3.63) is 0 Å². The van der Waals surface area contributed by atoms with Crippen LogP contribution in [0.2, 0.25) is 0 Å². The molecule has 0 saturated heterocycles. The Labute approximate surface area is 57.8 Å². The predicted octanol–water partition coefficient (Wildman–Crippen LogP) is 0.581. The lowest BCUT2D eigenvalue weighted by Gasteiger charge is -2.06. The largest absolute Gasteiger partial charge is 0.330 e. The van der Waals surface area contributed by atoms with E-state index >= 15 is 0 Å². The number of rotatable bonds is 5. The Balaban J connectivity index is 2.88. The Morgan fingerprint density at radius 3 is 2.67 bits per heavy atom. The topological polar surface area (TPSA) is 38.0 Å². The zero-order valence-corrected chi connectivity index (χ0v) is 6.48. The normalized spacial score (nSPS) is 13.7. The summed E-state index contributed by atoms with van der Waals surface area (Å²) in [6.45, 7) is 4.13. The molecular formula is C7H18N2. The lowest BCUT2D eigenvalue weighted by atomic mass is 10.1. The zero-order chi connectivity index (χ0) is 7.11. The number of hydrogen-bond donors (Lipinski definition) is 2. The van der Waals surface area contributed by atoms with E-state index in [4.69, 9.17) is 5.73 Å². The van der Waals surface area contributed by atoms with Crippen molar-refractivity contribution >= 4 is 0 Å². The van der Waals surface area contributed by atoms with E-state index in [9.17, 15) is 0 Å². The number of nitrogens with two attached hydrogens (primary N) is 1. The standard InChI is InChI=1S/C7H18N2/c1-7(6-8)4-3-5-9-2/h7,9H,3-6,8H2,1-2H3. The van der Waals surface area contributed by atoms with Crippen LogP contribution in [0.25, 0.3) is 0 Å². The fourth-order valence-electron chi connectivity index (χ4n) is 0.745. The van der Waals surface area contributed by atoms with Gasteiger partial charge in [-0.3, -0.25) is 0 Å². The van der Waals surface area contributed by atoms with Gasteiger partial charge in [0.2, 0.25) is 0 Å². The third kappa shape index (κ3) is 5.80. The highest BCUT2D eigenvalue weighted by Crippen LogP contribution is 2.00. The minimum Gasteiger partial charge on any atom is -0.330 e. The highest BCUT2D eigenvalue weighted by Gasteiger charge is 1.95. The molecule has 0 aromatic carbocycles. The lowest BCUT2D eigenvalue weighted by Crippen LogP contribution is -2.14. The maximum Gasteiger partial charge on any atom is -0.00515 e. The molecule has 0 aliphatic carbocycles. The molecule has 0 aromatic heterocycles. The predicted molar refractivity (Wildman–Crippen MR) is 41.4 cm³/mol. The summed E-state index contributed by atoms with van der Waals surface area (Å²) in [7, 11) is 1.98. The summed E-state index contributed by atoms with van der Waals surface area (Å²) in [5.74, 6) is 0.693. The maximum absolute atomic E-state index is 5.43. The monoisotopic (exact) mass is 130 g/mol. The van der Waals surface area contributed by atoms with Gasteiger partial charge in [-0.1, -0.05) is 6.92 Å². The second-order valence-corrected chi connectivity index (χ2v) is 2.59. The molecule has 0 saturated carbocycles. The molecule has 0 aromatic rings. The van der Waals surface area contributed by atoms with Crippen LogP contribution in [-0.4, -0.2) is 20.1 Å². The van der Waals surface area contributed by atoms with E-state index < -0.39 is 0 Å². The van der Waals surface area contributed by atoms with Gasteiger partial charge in [-0.15, -0.1) is 0 Å². The Bertz CT molecular complexity index is 54.9. The van der Waals surface area contributed by atoms with E-state index in [2.05, 4.69) is 12.2 Å². The first kappa shape index (κ1) is 8.92. The zero-order valence-electron chi connectivity index (χ0n) is 6.48. The van der Waals surface area contributed by atoms with E-state index in [1.54, 1.807) is 0 Å². The van der Waals surface area contributed by atoms with Crippen molar-refractivity contribution in [2.24, 2.45) is 11.7 Å². The van der Waals surface area contributed by atoms with Gasteiger partial charge in [0.15, 0.2) is 0 Å². The highest BCUT2D eigenvalue weighted by atomic mass is 14.8. The van der Waals surface area contributed by atoms with Gasteiger partial charge in [0.1, 0.15) is 0 Å². The molecule has 9 heavy (non-hydrogen) atoms. The molecule has 0 radical (unpaired) electrons. The third-order valence-electron chi connectivity index (χ3n) is 1.53. The van der Waals surface area contributed by atoms with E-state index in [1.165, 1.54) is 12.8 Å². The van der Waals surface area contributed by atoms with E-state index in [1.807, 2.05) is 7.05 Å². The summed E-state index contributed by atoms with van der Waals surface area (Å²) < 4.78 is 0. The van der Waals surface area contributed by atoms with Crippen molar-refractivity contribution in [2.75, 3.05) is 20.1 Å². The average Bonchev–Trinajstić information content (AvgIpc) is 1.89. The number of hydrogen-bond acceptors (Lipinski definition) is 2. The van der Waals surface area contributed by atoms with Crippen LogP contribution in [0, 0.1) is 5.92 Å². The minimum atomic E-state index is 0.693. The van der Waals surface area contributed by atoms with Crippen molar-refractivity contribution < 1.29 is 0 Å². The van der Waals surface area contributed by atoms with Gasteiger partial charge in [-0.25, -0.2) is 0 Å². The summed E-state index contributed by atoms with van der Waals surface area (Å²) in [6.07, 6.45) is 2.49. The molecule has 56 valence electrons. The van der Waals surface area contributed by atoms with Gasteiger partial charge in [0.25, 0.3) is 0 Å². The summed E-state index contributed by atoms with van der Waals surface area (Å²) in [5.41, 5.74) is 5.43. The second kappa shape index (κ2) is 6.05. The molecular weight excluding hydrogens is 112 g/mol. The Morgan fingerprint density at radius 2 is 2.22 bits per heavy atom. The van der Waals surface area contributed by atoms with E-state index in [0.717, 1.165) is 13.1 Å². The van der Waals surface area contributed by atoms with Crippen LogP contribution in [0.3, 0.4) is 0 Å². The van der Waals surface area contributed by atoms with E-state index in [-0.39, 0.29) is 0 Å². The van der Waals surface area contributed by atoms with E-state index in [0.29, 0.717) is 5.92 Å². The van der Waals surface area contributed by atoms with Crippen molar-refractivity contribution in [1.82, 2.24) is 5.32 Å². The first-order chi connectivity index (χ1) is 4.31. The SMILES string of the molecule is CNCCCC(C)CN. The molecule has 1 atom stereocenters. The Kier molecular flexibility index (Phi) is 5.99. The summed E-state index contributed by atoms with van der Waals surface area (Å²) in [6, 6.07) is 0. The first-order valence-electron chi connectivity index (χ1n) is 3.66. The van der Waals surface area contributed by atoms with Gasteiger partial charge >= 0.3 is 0 Å². The second-order valence-electron chi connectivity index (χ2n) is 2.59. The summed E-state index contributed by atoms with van der Waals surface area (Å²) in [5, 5.41) is 3.11. The molecule has 0 amide bonds. The average molecular weight is 130 g/mol. The highest BCUT2D eigenvalue weighted by molar-refractivity contribution is 4.53. The number of nitrogens with one attached hydrogen (secondary N) is 1. The van der Waals surface area contributed by atoms with Crippen LogP contribution in [0.1, 0.15) is 19.8 Å². The molecule has 0 spiro atoms. The summed E-state index contributed by atoms with van der Waals surface area (Å²) >= 11 is 0. The molecule has 0 aliphatic heterocycles. The molecule has 3 N–H and O–H groups in total. The Hall–Kier alpha value is -0.0800. The van der Waals surface area contributed by atoms with Gasteiger partial charge in [0.05, 0.1) is 0 Å². The fraction of sp³-hybridized carbons (Fsp3) is 1.00. The van der Waals surface area contributed by atoms with Crippen LogP contribution in [0.5, 0.6) is 0 Å². The van der Waals surface area contributed by atoms with Crippen LogP contribution in [0.15, 0.2) is 0 Å². The van der Waals surface area contributed by atoms with Crippen molar-refractivity contribution in [3.63, 3.8) is 0 Å². The van der Waals surface area contributed by atoms with Gasteiger partial charge in [0, 0.05) is 0 Å². The van der Waals surface area contributed by atoms with Crippen LogP contribution in [0.4, 0.5) is 0 Å². The maximum atomic E-state index is 5.43. The first-order valence-corrected chi connectivity index (χ1v) is 3.66. The van der Waals surface area contributed by atoms with Crippen LogP contribution >= 0.6 is 0 Å². The van der Waals surface area contributed by atoms with Crippen LogP contribution < -0.4 is 11.1 Å².